The zero-order valence-corrected chi connectivity index (χ0v) is 9.79. The second-order valence-corrected chi connectivity index (χ2v) is 4.54. The third-order valence-corrected chi connectivity index (χ3v) is 2.81. The topological polar surface area (TPSA) is 22.1 Å². The fraction of sp³-hybridized carbons (Fsp3) is 0.615. The highest BCUT2D eigenvalue weighted by Crippen LogP contribution is 2.34. The largest absolute Gasteiger partial charge is 0.490 e. The van der Waals surface area contributed by atoms with Crippen LogP contribution in [-0.4, -0.2) is 11.1 Å². The lowest BCUT2D eigenvalue weighted by atomic mass is 10.0. The molecule has 1 fully saturated rings. The molecule has 0 amide bonds. The van der Waals surface area contributed by atoms with Crippen molar-refractivity contribution in [2.24, 2.45) is 0 Å². The molecule has 1 aliphatic rings. The molecule has 1 heterocycles. The lowest BCUT2D eigenvalue weighted by Crippen LogP contribution is -2.05. The van der Waals surface area contributed by atoms with Gasteiger partial charge in [-0.05, 0) is 25.2 Å². The van der Waals surface area contributed by atoms with E-state index in [-0.39, 0.29) is 0 Å². The Labute approximate surface area is 91.7 Å². The first-order chi connectivity index (χ1) is 7.22. The number of ether oxygens (including phenoxy) is 1. The first-order valence-electron chi connectivity index (χ1n) is 5.85. The SMILES string of the molecule is CCc1cncc(C(C)C)c1OC1CC1. The Bertz CT molecular complexity index is 342. The quantitative estimate of drug-likeness (QED) is 0.752. The lowest BCUT2D eigenvalue weighted by molar-refractivity contribution is 0.295. The first-order valence-corrected chi connectivity index (χ1v) is 5.85. The second-order valence-electron chi connectivity index (χ2n) is 4.54. The molecule has 2 nitrogen and oxygen atoms in total. The highest BCUT2D eigenvalue weighted by molar-refractivity contribution is 5.41. The normalized spacial score (nSPS) is 15.7. The minimum Gasteiger partial charge on any atom is -0.490 e. The number of aromatic nitrogens is 1. The first kappa shape index (κ1) is 10.5. The molecule has 15 heavy (non-hydrogen) atoms. The van der Waals surface area contributed by atoms with Crippen molar-refractivity contribution < 1.29 is 4.74 Å². The van der Waals surface area contributed by atoms with Crippen molar-refractivity contribution in [3.05, 3.63) is 23.5 Å². The highest BCUT2D eigenvalue weighted by atomic mass is 16.5. The maximum absolute atomic E-state index is 6.00. The molecule has 0 unspecified atom stereocenters. The molecule has 0 saturated heterocycles. The summed E-state index contributed by atoms with van der Waals surface area (Å²) in [6.07, 6.45) is 7.77. The van der Waals surface area contributed by atoms with Gasteiger partial charge in [0.2, 0.25) is 0 Å². The van der Waals surface area contributed by atoms with Gasteiger partial charge in [0.1, 0.15) is 5.75 Å². The molecular weight excluding hydrogens is 186 g/mol. The van der Waals surface area contributed by atoms with Gasteiger partial charge in [0.15, 0.2) is 0 Å². The number of aryl methyl sites for hydroxylation is 1. The Kier molecular flexibility index (Phi) is 2.94. The molecule has 0 aromatic carbocycles. The van der Waals surface area contributed by atoms with Crippen molar-refractivity contribution in [2.45, 2.75) is 52.1 Å². The summed E-state index contributed by atoms with van der Waals surface area (Å²) >= 11 is 0. The summed E-state index contributed by atoms with van der Waals surface area (Å²) in [6.45, 7) is 6.54. The molecule has 0 spiro atoms. The van der Waals surface area contributed by atoms with Gasteiger partial charge in [-0.2, -0.15) is 0 Å². The molecule has 1 aromatic rings. The van der Waals surface area contributed by atoms with E-state index in [1.807, 2.05) is 12.4 Å². The van der Waals surface area contributed by atoms with Gasteiger partial charge in [-0.3, -0.25) is 4.98 Å². The smallest absolute Gasteiger partial charge is 0.129 e. The number of nitrogens with zero attached hydrogens (tertiary/aromatic N) is 1. The molecule has 82 valence electrons. The van der Waals surface area contributed by atoms with Gasteiger partial charge >= 0.3 is 0 Å². The molecule has 0 N–H and O–H groups in total. The maximum atomic E-state index is 6.00. The van der Waals surface area contributed by atoms with E-state index in [0.717, 1.165) is 12.2 Å². The van der Waals surface area contributed by atoms with E-state index in [9.17, 15) is 0 Å². The van der Waals surface area contributed by atoms with Crippen molar-refractivity contribution >= 4 is 0 Å². The maximum Gasteiger partial charge on any atom is 0.129 e. The lowest BCUT2D eigenvalue weighted by Gasteiger charge is -2.16. The predicted molar refractivity (Wildman–Crippen MR) is 61.4 cm³/mol. The third-order valence-electron chi connectivity index (χ3n) is 2.81. The van der Waals surface area contributed by atoms with E-state index >= 15 is 0 Å². The number of pyridine rings is 1. The second kappa shape index (κ2) is 4.21. The third kappa shape index (κ3) is 2.31. The van der Waals surface area contributed by atoms with E-state index in [0.29, 0.717) is 12.0 Å². The van der Waals surface area contributed by atoms with E-state index in [1.165, 1.54) is 24.0 Å². The molecule has 0 bridgehead atoms. The Morgan fingerprint density at radius 1 is 1.40 bits per heavy atom. The Morgan fingerprint density at radius 3 is 2.67 bits per heavy atom. The number of hydrogen-bond donors (Lipinski definition) is 0. The monoisotopic (exact) mass is 205 g/mol. The van der Waals surface area contributed by atoms with Crippen molar-refractivity contribution in [3.63, 3.8) is 0 Å². The summed E-state index contributed by atoms with van der Waals surface area (Å²) in [5, 5.41) is 0. The van der Waals surface area contributed by atoms with Gasteiger partial charge in [0.05, 0.1) is 6.10 Å². The summed E-state index contributed by atoms with van der Waals surface area (Å²) in [5.74, 6) is 1.59. The van der Waals surface area contributed by atoms with Crippen LogP contribution in [0.15, 0.2) is 12.4 Å². The van der Waals surface area contributed by atoms with Crippen LogP contribution in [0.5, 0.6) is 5.75 Å². The van der Waals surface area contributed by atoms with Gasteiger partial charge in [0, 0.05) is 23.5 Å². The molecule has 2 rings (SSSR count). The highest BCUT2D eigenvalue weighted by Gasteiger charge is 2.26. The van der Waals surface area contributed by atoms with Crippen LogP contribution in [-0.2, 0) is 6.42 Å². The van der Waals surface area contributed by atoms with Crippen LogP contribution < -0.4 is 4.74 Å². The summed E-state index contributed by atoms with van der Waals surface area (Å²) in [4.78, 5) is 4.29. The van der Waals surface area contributed by atoms with Gasteiger partial charge in [-0.25, -0.2) is 0 Å². The van der Waals surface area contributed by atoms with Crippen molar-refractivity contribution in [1.82, 2.24) is 4.98 Å². The van der Waals surface area contributed by atoms with Crippen molar-refractivity contribution in [3.8, 4) is 5.75 Å². The van der Waals surface area contributed by atoms with E-state index in [2.05, 4.69) is 25.8 Å². The summed E-state index contributed by atoms with van der Waals surface area (Å²) in [5.41, 5.74) is 2.49. The fourth-order valence-electron chi connectivity index (χ4n) is 1.67. The van der Waals surface area contributed by atoms with Gasteiger partial charge in [0.25, 0.3) is 0 Å². The van der Waals surface area contributed by atoms with Crippen molar-refractivity contribution in [2.75, 3.05) is 0 Å². The Hall–Kier alpha value is -1.05. The predicted octanol–water partition coefficient (Wildman–Crippen LogP) is 3.31. The van der Waals surface area contributed by atoms with Crippen LogP contribution in [0.1, 0.15) is 50.7 Å². The molecule has 1 saturated carbocycles. The summed E-state index contributed by atoms with van der Waals surface area (Å²) in [7, 11) is 0. The minimum atomic E-state index is 0.468. The number of rotatable bonds is 4. The van der Waals surface area contributed by atoms with E-state index < -0.39 is 0 Å². The average Bonchev–Trinajstić information content (AvgIpc) is 3.01. The van der Waals surface area contributed by atoms with Gasteiger partial charge < -0.3 is 4.74 Å². The van der Waals surface area contributed by atoms with Crippen LogP contribution in [0.3, 0.4) is 0 Å². The Morgan fingerprint density at radius 2 is 2.13 bits per heavy atom. The van der Waals surface area contributed by atoms with Crippen LogP contribution in [0.25, 0.3) is 0 Å². The molecule has 1 aliphatic carbocycles. The standard InChI is InChI=1S/C13H19NO/c1-4-10-7-14-8-12(9(2)3)13(10)15-11-5-6-11/h7-9,11H,4-6H2,1-3H3. The molecule has 1 aromatic heterocycles. The zero-order chi connectivity index (χ0) is 10.8. The zero-order valence-electron chi connectivity index (χ0n) is 9.79. The molecule has 2 heteroatoms. The van der Waals surface area contributed by atoms with Gasteiger partial charge in [-0.1, -0.05) is 20.8 Å². The molecule has 0 atom stereocenters. The minimum absolute atomic E-state index is 0.468. The summed E-state index contributed by atoms with van der Waals surface area (Å²) in [6, 6.07) is 0. The van der Waals surface area contributed by atoms with Crippen LogP contribution in [0.4, 0.5) is 0 Å². The van der Waals surface area contributed by atoms with Crippen LogP contribution in [0.2, 0.25) is 0 Å². The number of hydrogen-bond acceptors (Lipinski definition) is 2. The Balaban J connectivity index is 2.34. The molecule has 0 radical (unpaired) electrons. The average molecular weight is 205 g/mol. The van der Waals surface area contributed by atoms with Crippen molar-refractivity contribution in [1.29, 1.82) is 0 Å². The van der Waals surface area contributed by atoms with Crippen LogP contribution >= 0.6 is 0 Å². The molecular formula is C13H19NO. The van der Waals surface area contributed by atoms with Gasteiger partial charge in [-0.15, -0.1) is 0 Å². The fourth-order valence-corrected chi connectivity index (χ4v) is 1.67. The molecule has 0 aliphatic heterocycles. The van der Waals surface area contributed by atoms with Crippen LogP contribution in [0, 0.1) is 0 Å². The summed E-state index contributed by atoms with van der Waals surface area (Å²) < 4.78 is 6.00. The van der Waals surface area contributed by atoms with E-state index in [1.54, 1.807) is 0 Å². The van der Waals surface area contributed by atoms with E-state index in [4.69, 9.17) is 4.74 Å².